The van der Waals surface area contributed by atoms with Crippen molar-refractivity contribution < 1.29 is 4.79 Å². The number of aliphatic imine (C=N–C) groups is 1. The van der Waals surface area contributed by atoms with Gasteiger partial charge in [0.25, 0.3) is 0 Å². The van der Waals surface area contributed by atoms with Crippen molar-refractivity contribution >= 4 is 34.6 Å². The molecule has 0 bridgehead atoms. The number of benzene rings is 1. The number of carbonyl (C=O) groups excluding carboxylic acids is 1. The molecule has 1 aliphatic rings. The Morgan fingerprint density at radius 1 is 1.42 bits per heavy atom. The third kappa shape index (κ3) is 3.99. The molecule has 0 radical (unpaired) electrons. The highest BCUT2D eigenvalue weighted by molar-refractivity contribution is 8.14. The van der Waals surface area contributed by atoms with Crippen LogP contribution in [0.2, 0.25) is 0 Å². The molecule has 0 unspecified atom stereocenters. The Kier molecular flexibility index (Phi) is 5.57. The van der Waals surface area contributed by atoms with Crippen molar-refractivity contribution in [3.8, 4) is 11.4 Å². The maximum absolute atomic E-state index is 12.0. The fourth-order valence-corrected chi connectivity index (χ4v) is 3.92. The molecule has 0 saturated carbocycles. The van der Waals surface area contributed by atoms with E-state index in [2.05, 4.69) is 46.5 Å². The summed E-state index contributed by atoms with van der Waals surface area (Å²) in [5.74, 6) is 2.01. The number of nitrogens with zero attached hydrogens (tertiary/aromatic N) is 4. The second-order valence-electron chi connectivity index (χ2n) is 5.29. The van der Waals surface area contributed by atoms with Gasteiger partial charge < -0.3 is 9.88 Å². The van der Waals surface area contributed by atoms with Crippen molar-refractivity contribution in [2.75, 3.05) is 18.1 Å². The molecule has 24 heavy (non-hydrogen) atoms. The first kappa shape index (κ1) is 17.0. The number of amides is 1. The van der Waals surface area contributed by atoms with Crippen molar-refractivity contribution in [3.63, 3.8) is 0 Å². The van der Waals surface area contributed by atoms with Gasteiger partial charge in [-0.3, -0.25) is 9.79 Å². The van der Waals surface area contributed by atoms with Crippen LogP contribution < -0.4 is 5.32 Å². The first-order valence-electron chi connectivity index (χ1n) is 7.77. The number of rotatable bonds is 5. The van der Waals surface area contributed by atoms with E-state index in [1.807, 2.05) is 16.7 Å². The van der Waals surface area contributed by atoms with Crippen LogP contribution in [0, 0.1) is 6.92 Å². The average Bonchev–Trinajstić information content (AvgIpc) is 3.21. The van der Waals surface area contributed by atoms with Crippen LogP contribution in [0.1, 0.15) is 12.5 Å². The van der Waals surface area contributed by atoms with Gasteiger partial charge in [-0.25, -0.2) is 0 Å². The number of hydrogen-bond donors (Lipinski definition) is 1. The second kappa shape index (κ2) is 7.85. The molecule has 0 spiro atoms. The molecule has 3 rings (SSSR count). The van der Waals surface area contributed by atoms with E-state index in [1.165, 1.54) is 17.3 Å². The predicted molar refractivity (Wildman–Crippen MR) is 99.5 cm³/mol. The summed E-state index contributed by atoms with van der Waals surface area (Å²) < 4.78 is 2.04. The SMILES string of the molecule is CCn1c(SCC(=O)NC2=NCCS2)nnc1-c1cccc(C)c1. The van der Waals surface area contributed by atoms with E-state index >= 15 is 0 Å². The maximum atomic E-state index is 12.0. The van der Waals surface area contributed by atoms with E-state index in [4.69, 9.17) is 0 Å². The number of aryl methyl sites for hydroxylation is 1. The summed E-state index contributed by atoms with van der Waals surface area (Å²) in [5, 5.41) is 12.9. The molecule has 0 aliphatic carbocycles. The topological polar surface area (TPSA) is 72.2 Å². The van der Waals surface area contributed by atoms with Gasteiger partial charge in [-0.15, -0.1) is 10.2 Å². The van der Waals surface area contributed by atoms with Crippen LogP contribution >= 0.6 is 23.5 Å². The summed E-state index contributed by atoms with van der Waals surface area (Å²) in [6, 6.07) is 8.19. The van der Waals surface area contributed by atoms with E-state index in [0.29, 0.717) is 5.75 Å². The van der Waals surface area contributed by atoms with Crippen LogP contribution in [0.25, 0.3) is 11.4 Å². The fourth-order valence-electron chi connectivity index (χ4n) is 2.37. The molecule has 2 heterocycles. The molecule has 0 saturated heterocycles. The normalized spacial score (nSPS) is 13.8. The molecule has 1 N–H and O–H groups in total. The van der Waals surface area contributed by atoms with Gasteiger partial charge in [0.1, 0.15) is 0 Å². The maximum Gasteiger partial charge on any atom is 0.236 e. The molecule has 0 fully saturated rings. The van der Waals surface area contributed by atoms with E-state index in [-0.39, 0.29) is 5.91 Å². The van der Waals surface area contributed by atoms with Gasteiger partial charge in [0.05, 0.1) is 12.3 Å². The van der Waals surface area contributed by atoms with Crippen molar-refractivity contribution in [2.24, 2.45) is 4.99 Å². The lowest BCUT2D eigenvalue weighted by atomic mass is 10.1. The largest absolute Gasteiger partial charge is 0.305 e. The summed E-state index contributed by atoms with van der Waals surface area (Å²) in [7, 11) is 0. The standard InChI is InChI=1S/C16H19N5OS2/c1-3-21-14(12-6-4-5-11(2)9-12)19-20-16(21)24-10-13(22)18-15-17-7-8-23-15/h4-6,9H,3,7-8,10H2,1-2H3,(H,17,18,22). The highest BCUT2D eigenvalue weighted by Crippen LogP contribution is 2.24. The summed E-state index contributed by atoms with van der Waals surface area (Å²) >= 11 is 2.97. The van der Waals surface area contributed by atoms with E-state index in [1.54, 1.807) is 11.8 Å². The van der Waals surface area contributed by atoms with Crippen molar-refractivity contribution in [1.29, 1.82) is 0 Å². The highest BCUT2D eigenvalue weighted by Gasteiger charge is 2.16. The fraction of sp³-hybridized carbons (Fsp3) is 0.375. The van der Waals surface area contributed by atoms with Gasteiger partial charge >= 0.3 is 0 Å². The molecule has 126 valence electrons. The minimum Gasteiger partial charge on any atom is -0.305 e. The summed E-state index contributed by atoms with van der Waals surface area (Å²) in [6.07, 6.45) is 0. The van der Waals surface area contributed by atoms with E-state index in [0.717, 1.165) is 40.6 Å². The van der Waals surface area contributed by atoms with Crippen LogP contribution in [-0.4, -0.2) is 43.9 Å². The Morgan fingerprint density at radius 3 is 3.00 bits per heavy atom. The average molecular weight is 361 g/mol. The first-order valence-corrected chi connectivity index (χ1v) is 9.74. The zero-order valence-corrected chi connectivity index (χ0v) is 15.3. The Bertz CT molecular complexity index is 772. The van der Waals surface area contributed by atoms with Gasteiger partial charge in [0.2, 0.25) is 5.91 Å². The van der Waals surface area contributed by atoms with Gasteiger partial charge in [-0.05, 0) is 19.9 Å². The van der Waals surface area contributed by atoms with E-state index in [9.17, 15) is 4.79 Å². The second-order valence-corrected chi connectivity index (χ2v) is 7.32. The van der Waals surface area contributed by atoms with Crippen LogP contribution in [0.5, 0.6) is 0 Å². The van der Waals surface area contributed by atoms with Gasteiger partial charge in [0, 0.05) is 17.9 Å². The molecule has 2 aromatic rings. The first-order chi connectivity index (χ1) is 11.7. The molecule has 8 heteroatoms. The number of aromatic nitrogens is 3. The predicted octanol–water partition coefficient (Wildman–Crippen LogP) is 2.58. The zero-order chi connectivity index (χ0) is 16.9. The summed E-state index contributed by atoms with van der Waals surface area (Å²) in [6.45, 7) is 5.64. The van der Waals surface area contributed by atoms with E-state index < -0.39 is 0 Å². The molecule has 6 nitrogen and oxygen atoms in total. The van der Waals surface area contributed by atoms with Crippen LogP contribution in [-0.2, 0) is 11.3 Å². The third-order valence-electron chi connectivity index (χ3n) is 3.47. The molecule has 0 atom stereocenters. The lowest BCUT2D eigenvalue weighted by molar-refractivity contribution is -0.117. The van der Waals surface area contributed by atoms with Crippen molar-refractivity contribution in [1.82, 2.24) is 20.1 Å². The summed E-state index contributed by atoms with van der Waals surface area (Å²) in [4.78, 5) is 16.2. The van der Waals surface area contributed by atoms with Gasteiger partial charge in [0.15, 0.2) is 16.1 Å². The molecule has 1 aromatic carbocycles. The smallest absolute Gasteiger partial charge is 0.236 e. The highest BCUT2D eigenvalue weighted by atomic mass is 32.2. The van der Waals surface area contributed by atoms with Crippen LogP contribution in [0.15, 0.2) is 34.4 Å². The Morgan fingerprint density at radius 2 is 2.29 bits per heavy atom. The monoisotopic (exact) mass is 361 g/mol. The van der Waals surface area contributed by atoms with Crippen LogP contribution in [0.4, 0.5) is 0 Å². The summed E-state index contributed by atoms with van der Waals surface area (Å²) in [5.41, 5.74) is 2.22. The van der Waals surface area contributed by atoms with Crippen molar-refractivity contribution in [2.45, 2.75) is 25.5 Å². The molecule has 1 amide bonds. The lowest BCUT2D eigenvalue weighted by Crippen LogP contribution is -2.29. The lowest BCUT2D eigenvalue weighted by Gasteiger charge is -2.08. The molecular weight excluding hydrogens is 342 g/mol. The number of amidine groups is 1. The van der Waals surface area contributed by atoms with Gasteiger partial charge in [-0.1, -0.05) is 47.3 Å². The molecule has 1 aromatic heterocycles. The third-order valence-corrected chi connectivity index (χ3v) is 5.33. The minimum absolute atomic E-state index is 0.0593. The van der Waals surface area contributed by atoms with Crippen molar-refractivity contribution in [3.05, 3.63) is 29.8 Å². The number of hydrogen-bond acceptors (Lipinski definition) is 6. The number of thioether (sulfide) groups is 2. The number of nitrogens with one attached hydrogen (secondary N) is 1. The Hall–Kier alpha value is -1.80. The minimum atomic E-state index is -0.0593. The number of carbonyl (C=O) groups is 1. The quantitative estimate of drug-likeness (QED) is 0.829. The molecule has 1 aliphatic heterocycles. The Labute approximate surface area is 149 Å². The van der Waals surface area contributed by atoms with Gasteiger partial charge in [-0.2, -0.15) is 0 Å². The Balaban J connectivity index is 1.69. The van der Waals surface area contributed by atoms with Crippen LogP contribution in [0.3, 0.4) is 0 Å². The molecular formula is C16H19N5OS2. The zero-order valence-electron chi connectivity index (χ0n) is 13.7.